The van der Waals surface area contributed by atoms with Gasteiger partial charge in [-0.05, 0) is 19.8 Å². The molecule has 0 unspecified atom stereocenters. The van der Waals surface area contributed by atoms with Crippen LogP contribution in [0.15, 0.2) is 5.38 Å². The number of alkyl halides is 1. The van der Waals surface area contributed by atoms with Crippen molar-refractivity contribution in [3.05, 3.63) is 16.1 Å². The highest BCUT2D eigenvalue weighted by atomic mass is 35.5. The number of nitrogens with zero attached hydrogens (tertiary/aromatic N) is 1. The second kappa shape index (κ2) is 3.94. The van der Waals surface area contributed by atoms with E-state index >= 15 is 0 Å². The second-order valence-electron chi connectivity index (χ2n) is 2.15. The van der Waals surface area contributed by atoms with Crippen LogP contribution in [-0.2, 0) is 6.42 Å². The fourth-order valence-corrected chi connectivity index (χ4v) is 1.55. The fourth-order valence-electron chi connectivity index (χ4n) is 0.771. The van der Waals surface area contributed by atoms with Gasteiger partial charge in [-0.25, -0.2) is 4.98 Å². The molecule has 1 rings (SSSR count). The van der Waals surface area contributed by atoms with E-state index in [2.05, 4.69) is 10.4 Å². The molecule has 0 aliphatic rings. The van der Waals surface area contributed by atoms with Crippen LogP contribution in [0.25, 0.3) is 0 Å². The standard InChI is InChI=1S/C7H10ClNS/c1-6-9-7(5-10-6)3-2-4-8/h5H,2-4H2,1H3. The molecule has 1 aromatic heterocycles. The first-order valence-corrected chi connectivity index (χ1v) is 4.71. The Morgan fingerprint density at radius 2 is 2.50 bits per heavy atom. The number of halogens is 1. The van der Waals surface area contributed by atoms with Gasteiger partial charge in [-0.2, -0.15) is 0 Å². The Bertz CT molecular complexity index is 197. The van der Waals surface area contributed by atoms with Crippen LogP contribution in [0, 0.1) is 6.92 Å². The van der Waals surface area contributed by atoms with Crippen molar-refractivity contribution in [2.45, 2.75) is 19.8 Å². The molecule has 0 N–H and O–H groups in total. The summed E-state index contributed by atoms with van der Waals surface area (Å²) >= 11 is 7.23. The summed E-state index contributed by atoms with van der Waals surface area (Å²) in [7, 11) is 0. The highest BCUT2D eigenvalue weighted by Gasteiger charge is 1.95. The van der Waals surface area contributed by atoms with Crippen molar-refractivity contribution in [1.82, 2.24) is 4.98 Å². The normalized spacial score (nSPS) is 10.2. The van der Waals surface area contributed by atoms with Gasteiger partial charge in [0.1, 0.15) is 0 Å². The number of rotatable bonds is 3. The summed E-state index contributed by atoms with van der Waals surface area (Å²) in [5.41, 5.74) is 1.18. The van der Waals surface area contributed by atoms with Crippen LogP contribution < -0.4 is 0 Å². The Morgan fingerprint density at radius 3 is 3.00 bits per heavy atom. The van der Waals surface area contributed by atoms with Crippen molar-refractivity contribution in [3.63, 3.8) is 0 Å². The number of aromatic nitrogens is 1. The molecule has 0 radical (unpaired) electrons. The van der Waals surface area contributed by atoms with Gasteiger partial charge < -0.3 is 0 Å². The molecule has 56 valence electrons. The zero-order chi connectivity index (χ0) is 7.40. The Kier molecular flexibility index (Phi) is 3.16. The maximum absolute atomic E-state index is 5.53. The molecule has 0 aromatic carbocycles. The van der Waals surface area contributed by atoms with Gasteiger partial charge in [0.25, 0.3) is 0 Å². The lowest BCUT2D eigenvalue weighted by Gasteiger charge is -1.89. The molecule has 0 amide bonds. The van der Waals surface area contributed by atoms with E-state index < -0.39 is 0 Å². The third kappa shape index (κ3) is 2.27. The fraction of sp³-hybridized carbons (Fsp3) is 0.571. The molecular weight excluding hydrogens is 166 g/mol. The molecule has 0 saturated carbocycles. The Balaban J connectivity index is 2.42. The maximum atomic E-state index is 5.53. The first-order valence-electron chi connectivity index (χ1n) is 3.30. The van der Waals surface area contributed by atoms with Crippen LogP contribution in [-0.4, -0.2) is 10.9 Å². The Labute approximate surface area is 70.1 Å². The van der Waals surface area contributed by atoms with Crippen molar-refractivity contribution in [3.8, 4) is 0 Å². The van der Waals surface area contributed by atoms with Gasteiger partial charge in [0.2, 0.25) is 0 Å². The zero-order valence-electron chi connectivity index (χ0n) is 5.93. The van der Waals surface area contributed by atoms with Crippen molar-refractivity contribution in [2.24, 2.45) is 0 Å². The van der Waals surface area contributed by atoms with Gasteiger partial charge in [0.05, 0.1) is 10.7 Å². The quantitative estimate of drug-likeness (QED) is 0.644. The SMILES string of the molecule is Cc1nc(CCCCl)cs1. The van der Waals surface area contributed by atoms with Crippen molar-refractivity contribution < 1.29 is 0 Å². The topological polar surface area (TPSA) is 12.9 Å². The third-order valence-electron chi connectivity index (χ3n) is 1.23. The van der Waals surface area contributed by atoms with Gasteiger partial charge in [-0.15, -0.1) is 22.9 Å². The van der Waals surface area contributed by atoms with Crippen LogP contribution >= 0.6 is 22.9 Å². The first kappa shape index (κ1) is 8.02. The molecule has 0 fully saturated rings. The van der Waals surface area contributed by atoms with E-state index in [1.807, 2.05) is 6.92 Å². The molecule has 1 aromatic rings. The van der Waals surface area contributed by atoms with Crippen LogP contribution in [0.3, 0.4) is 0 Å². The molecule has 10 heavy (non-hydrogen) atoms. The smallest absolute Gasteiger partial charge is 0.0897 e. The highest BCUT2D eigenvalue weighted by Crippen LogP contribution is 2.09. The van der Waals surface area contributed by atoms with Crippen LogP contribution in [0.1, 0.15) is 17.1 Å². The monoisotopic (exact) mass is 175 g/mol. The van der Waals surface area contributed by atoms with Crippen LogP contribution in [0.5, 0.6) is 0 Å². The van der Waals surface area contributed by atoms with E-state index in [0.29, 0.717) is 0 Å². The second-order valence-corrected chi connectivity index (χ2v) is 3.59. The lowest BCUT2D eigenvalue weighted by molar-refractivity contribution is 0.894. The Morgan fingerprint density at radius 1 is 1.70 bits per heavy atom. The van der Waals surface area contributed by atoms with Gasteiger partial charge in [0.15, 0.2) is 0 Å². The van der Waals surface area contributed by atoms with E-state index in [0.717, 1.165) is 23.7 Å². The zero-order valence-corrected chi connectivity index (χ0v) is 7.50. The van der Waals surface area contributed by atoms with Gasteiger partial charge in [0, 0.05) is 11.3 Å². The van der Waals surface area contributed by atoms with Gasteiger partial charge in [-0.1, -0.05) is 0 Å². The number of thiazole rings is 1. The van der Waals surface area contributed by atoms with E-state index in [-0.39, 0.29) is 0 Å². The largest absolute Gasteiger partial charge is 0.247 e. The molecule has 0 aliphatic carbocycles. The van der Waals surface area contributed by atoms with E-state index in [9.17, 15) is 0 Å². The summed E-state index contributed by atoms with van der Waals surface area (Å²) in [4.78, 5) is 4.31. The predicted molar refractivity (Wildman–Crippen MR) is 45.9 cm³/mol. The third-order valence-corrected chi connectivity index (χ3v) is 2.32. The average molecular weight is 176 g/mol. The molecule has 0 saturated heterocycles. The lowest BCUT2D eigenvalue weighted by atomic mass is 10.3. The van der Waals surface area contributed by atoms with Crippen molar-refractivity contribution in [2.75, 3.05) is 5.88 Å². The van der Waals surface area contributed by atoms with Crippen molar-refractivity contribution in [1.29, 1.82) is 0 Å². The average Bonchev–Trinajstić information content (AvgIpc) is 2.31. The summed E-state index contributed by atoms with van der Waals surface area (Å²) in [6.45, 7) is 2.02. The lowest BCUT2D eigenvalue weighted by Crippen LogP contribution is -1.85. The summed E-state index contributed by atoms with van der Waals surface area (Å²) in [6.07, 6.45) is 2.05. The van der Waals surface area contributed by atoms with E-state index in [1.165, 1.54) is 5.69 Å². The van der Waals surface area contributed by atoms with E-state index in [4.69, 9.17) is 11.6 Å². The van der Waals surface area contributed by atoms with Crippen LogP contribution in [0.2, 0.25) is 0 Å². The summed E-state index contributed by atoms with van der Waals surface area (Å²) in [6, 6.07) is 0. The summed E-state index contributed by atoms with van der Waals surface area (Å²) in [5, 5.41) is 3.24. The molecule has 1 heterocycles. The summed E-state index contributed by atoms with van der Waals surface area (Å²) in [5.74, 6) is 0.733. The molecule has 0 bridgehead atoms. The maximum Gasteiger partial charge on any atom is 0.0897 e. The number of aryl methyl sites for hydroxylation is 2. The van der Waals surface area contributed by atoms with Gasteiger partial charge >= 0.3 is 0 Å². The molecule has 0 atom stereocenters. The summed E-state index contributed by atoms with van der Waals surface area (Å²) < 4.78 is 0. The Hall–Kier alpha value is -0.0800. The predicted octanol–water partition coefficient (Wildman–Crippen LogP) is 2.62. The molecule has 1 nitrogen and oxygen atoms in total. The van der Waals surface area contributed by atoms with Crippen LogP contribution in [0.4, 0.5) is 0 Å². The molecular formula is C7H10ClNS. The minimum absolute atomic E-state index is 0.733. The highest BCUT2D eigenvalue weighted by molar-refractivity contribution is 7.09. The molecule has 3 heteroatoms. The minimum Gasteiger partial charge on any atom is -0.247 e. The molecule has 0 aliphatic heterocycles. The van der Waals surface area contributed by atoms with E-state index in [1.54, 1.807) is 11.3 Å². The number of hydrogen-bond acceptors (Lipinski definition) is 2. The number of hydrogen-bond donors (Lipinski definition) is 0. The minimum atomic E-state index is 0.733. The van der Waals surface area contributed by atoms with Crippen molar-refractivity contribution >= 4 is 22.9 Å². The van der Waals surface area contributed by atoms with Gasteiger partial charge in [-0.3, -0.25) is 0 Å². The first-order chi connectivity index (χ1) is 4.83. The molecule has 0 spiro atoms.